The molecule has 0 radical (unpaired) electrons. The highest BCUT2D eigenvalue weighted by Crippen LogP contribution is 2.22. The Labute approximate surface area is 111 Å². The summed E-state index contributed by atoms with van der Waals surface area (Å²) in [4.78, 5) is 4.07. The van der Waals surface area contributed by atoms with Crippen molar-refractivity contribution in [2.24, 2.45) is 5.73 Å². The zero-order valence-electron chi connectivity index (χ0n) is 11.0. The van der Waals surface area contributed by atoms with Crippen molar-refractivity contribution < 1.29 is 8.78 Å². The minimum Gasteiger partial charge on any atom is -0.328 e. The zero-order valence-corrected chi connectivity index (χ0v) is 11.0. The predicted octanol–water partition coefficient (Wildman–Crippen LogP) is 2.60. The smallest absolute Gasteiger partial charge is 0.150 e. The second-order valence-corrected chi connectivity index (χ2v) is 4.66. The Balaban J connectivity index is 2.48. The van der Waals surface area contributed by atoms with Crippen molar-refractivity contribution in [1.29, 1.82) is 0 Å². The van der Waals surface area contributed by atoms with E-state index in [1.165, 1.54) is 22.9 Å². The summed E-state index contributed by atoms with van der Waals surface area (Å²) in [6.45, 7) is 3.69. The summed E-state index contributed by atoms with van der Waals surface area (Å²) in [5, 5.41) is 0. The van der Waals surface area contributed by atoms with Crippen LogP contribution in [0.25, 0.3) is 5.69 Å². The van der Waals surface area contributed by atoms with Crippen molar-refractivity contribution in [3.05, 3.63) is 47.5 Å². The van der Waals surface area contributed by atoms with E-state index < -0.39 is 11.6 Å². The second-order valence-electron chi connectivity index (χ2n) is 4.66. The molecule has 5 heteroatoms. The van der Waals surface area contributed by atoms with E-state index in [2.05, 4.69) is 4.98 Å². The molecule has 0 aliphatic heterocycles. The van der Waals surface area contributed by atoms with Crippen molar-refractivity contribution in [2.75, 3.05) is 0 Å². The number of rotatable bonds is 4. The van der Waals surface area contributed by atoms with Crippen molar-refractivity contribution >= 4 is 0 Å². The molecule has 2 N–H and O–H groups in total. The van der Waals surface area contributed by atoms with E-state index in [1.54, 1.807) is 13.1 Å². The van der Waals surface area contributed by atoms with Gasteiger partial charge in [0.15, 0.2) is 11.6 Å². The van der Waals surface area contributed by atoms with Gasteiger partial charge in [-0.05, 0) is 31.0 Å². The second kappa shape index (κ2) is 5.48. The summed E-state index contributed by atoms with van der Waals surface area (Å²) in [6.07, 6.45) is 4.14. The lowest BCUT2D eigenvalue weighted by molar-refractivity contribution is 0.560. The van der Waals surface area contributed by atoms with Crippen molar-refractivity contribution in [2.45, 2.75) is 32.7 Å². The third kappa shape index (κ3) is 2.81. The molecule has 1 atom stereocenters. The fraction of sp³-hybridized carbons (Fsp3) is 0.357. The summed E-state index contributed by atoms with van der Waals surface area (Å²) in [5.41, 5.74) is 6.12. The van der Waals surface area contributed by atoms with Crippen LogP contribution in [0.4, 0.5) is 8.78 Å². The molecular formula is C14H17F2N3. The molecule has 0 amide bonds. The van der Waals surface area contributed by atoms with E-state index in [0.717, 1.165) is 0 Å². The first-order valence-corrected chi connectivity index (χ1v) is 6.29. The van der Waals surface area contributed by atoms with Gasteiger partial charge >= 0.3 is 0 Å². The van der Waals surface area contributed by atoms with Gasteiger partial charge in [-0.2, -0.15) is 0 Å². The highest BCUT2D eigenvalue weighted by molar-refractivity contribution is 5.39. The fourth-order valence-electron chi connectivity index (χ4n) is 2.14. The van der Waals surface area contributed by atoms with Crippen LogP contribution in [0.15, 0.2) is 24.5 Å². The van der Waals surface area contributed by atoms with E-state index in [-0.39, 0.29) is 11.7 Å². The maximum absolute atomic E-state index is 14.1. The number of nitrogens with two attached hydrogens (primary N) is 1. The van der Waals surface area contributed by atoms with Crippen LogP contribution in [0.5, 0.6) is 0 Å². The molecular weight excluding hydrogens is 248 g/mol. The molecule has 0 aliphatic rings. The molecule has 102 valence electrons. The first-order chi connectivity index (χ1) is 9.02. The lowest BCUT2D eigenvalue weighted by Crippen LogP contribution is -2.18. The van der Waals surface area contributed by atoms with Crippen molar-refractivity contribution in [1.82, 2.24) is 9.55 Å². The molecule has 0 fully saturated rings. The van der Waals surface area contributed by atoms with Crippen LogP contribution in [-0.4, -0.2) is 15.6 Å². The number of benzene rings is 1. The van der Waals surface area contributed by atoms with Crippen LogP contribution in [0.1, 0.15) is 25.2 Å². The topological polar surface area (TPSA) is 43.8 Å². The lowest BCUT2D eigenvalue weighted by Gasteiger charge is -2.12. The van der Waals surface area contributed by atoms with Crippen LogP contribution in [0.2, 0.25) is 0 Å². The minimum absolute atomic E-state index is 0.0808. The molecule has 19 heavy (non-hydrogen) atoms. The largest absolute Gasteiger partial charge is 0.328 e. The van der Waals surface area contributed by atoms with Gasteiger partial charge in [0.2, 0.25) is 0 Å². The zero-order chi connectivity index (χ0) is 14.0. The molecule has 2 rings (SSSR count). The Hall–Kier alpha value is -1.75. The van der Waals surface area contributed by atoms with E-state index in [4.69, 9.17) is 5.73 Å². The maximum Gasteiger partial charge on any atom is 0.150 e. The Kier molecular flexibility index (Phi) is 3.95. The third-order valence-corrected chi connectivity index (χ3v) is 2.91. The van der Waals surface area contributed by atoms with Gasteiger partial charge in [0.05, 0.1) is 0 Å². The molecule has 1 heterocycles. The van der Waals surface area contributed by atoms with Crippen molar-refractivity contribution in [3.63, 3.8) is 0 Å². The average Bonchev–Trinajstić information content (AvgIpc) is 2.75. The standard InChI is InChI=1S/C14H17F2N3/c1-3-13-18-4-5-19(13)14-11(15)7-10(6-9(2)17)8-12(14)16/h4-5,7-9H,3,6,17H2,1-2H3. The Morgan fingerprint density at radius 2 is 1.95 bits per heavy atom. The van der Waals surface area contributed by atoms with Gasteiger partial charge in [0.1, 0.15) is 11.5 Å². The van der Waals surface area contributed by atoms with Crippen LogP contribution < -0.4 is 5.73 Å². The first-order valence-electron chi connectivity index (χ1n) is 6.29. The molecule has 3 nitrogen and oxygen atoms in total. The molecule has 0 saturated heterocycles. The molecule has 1 aromatic carbocycles. The highest BCUT2D eigenvalue weighted by atomic mass is 19.1. The van der Waals surface area contributed by atoms with Gasteiger partial charge in [0, 0.05) is 24.9 Å². The van der Waals surface area contributed by atoms with Gasteiger partial charge in [-0.25, -0.2) is 13.8 Å². The third-order valence-electron chi connectivity index (χ3n) is 2.91. The molecule has 0 saturated carbocycles. The Morgan fingerprint density at radius 1 is 1.32 bits per heavy atom. The summed E-state index contributed by atoms with van der Waals surface area (Å²) >= 11 is 0. The summed E-state index contributed by atoms with van der Waals surface area (Å²) in [6, 6.07) is 2.53. The molecule has 0 aliphatic carbocycles. The summed E-state index contributed by atoms with van der Waals surface area (Å²) in [7, 11) is 0. The van der Waals surface area contributed by atoms with Gasteiger partial charge in [0.25, 0.3) is 0 Å². The number of nitrogens with zero attached hydrogens (tertiary/aromatic N) is 2. The van der Waals surface area contributed by atoms with Crippen LogP contribution in [0, 0.1) is 11.6 Å². The Bertz CT molecular complexity index is 553. The quantitative estimate of drug-likeness (QED) is 0.923. The monoisotopic (exact) mass is 265 g/mol. The van der Waals surface area contributed by atoms with Crippen LogP contribution in [0.3, 0.4) is 0 Å². The fourth-order valence-corrected chi connectivity index (χ4v) is 2.14. The van der Waals surface area contributed by atoms with Crippen molar-refractivity contribution in [3.8, 4) is 5.69 Å². The van der Waals surface area contributed by atoms with Gasteiger partial charge in [-0.1, -0.05) is 6.92 Å². The SMILES string of the molecule is CCc1nccn1-c1c(F)cc(CC(C)N)cc1F. The van der Waals surface area contributed by atoms with Gasteiger partial charge in [-0.3, -0.25) is 4.57 Å². The predicted molar refractivity (Wildman–Crippen MR) is 70.2 cm³/mol. The Morgan fingerprint density at radius 3 is 2.47 bits per heavy atom. The van der Waals surface area contributed by atoms with Crippen LogP contribution in [-0.2, 0) is 12.8 Å². The number of imidazole rings is 1. The number of hydrogen-bond acceptors (Lipinski definition) is 2. The van der Waals surface area contributed by atoms with Gasteiger partial charge in [-0.15, -0.1) is 0 Å². The number of halogens is 2. The average molecular weight is 265 g/mol. The minimum atomic E-state index is -0.594. The summed E-state index contributed by atoms with van der Waals surface area (Å²) < 4.78 is 29.7. The molecule has 0 bridgehead atoms. The molecule has 2 aromatic rings. The number of aryl methyl sites for hydroxylation is 1. The summed E-state index contributed by atoms with van der Waals surface area (Å²) in [5.74, 6) is -0.565. The maximum atomic E-state index is 14.1. The normalized spacial score (nSPS) is 12.7. The first kappa shape index (κ1) is 13.7. The number of hydrogen-bond donors (Lipinski definition) is 1. The van der Waals surface area contributed by atoms with Crippen LogP contribution >= 0.6 is 0 Å². The van der Waals surface area contributed by atoms with E-state index in [1.807, 2.05) is 6.92 Å². The van der Waals surface area contributed by atoms with E-state index in [0.29, 0.717) is 24.2 Å². The van der Waals surface area contributed by atoms with Gasteiger partial charge < -0.3 is 5.73 Å². The van der Waals surface area contributed by atoms with E-state index >= 15 is 0 Å². The number of aromatic nitrogens is 2. The van der Waals surface area contributed by atoms with E-state index in [9.17, 15) is 8.78 Å². The molecule has 1 unspecified atom stereocenters. The lowest BCUT2D eigenvalue weighted by atomic mass is 10.1. The molecule has 1 aromatic heterocycles. The molecule has 0 spiro atoms. The highest BCUT2D eigenvalue weighted by Gasteiger charge is 2.15.